The van der Waals surface area contributed by atoms with Gasteiger partial charge in [-0.1, -0.05) is 0 Å². The van der Waals surface area contributed by atoms with Gasteiger partial charge in [-0.05, 0) is 0 Å². The first-order valence-electron chi connectivity index (χ1n) is 7.89. The standard InChI is InChI=1S/C9H18AsO22P3/c11-1(7(17)33(21,22)23)4(14)30-10(20,31-5(15)2(12)8(18)34(24,25)26)32-6(16)3(13)9(19)35(27,28)29/h1-3,7-9,11-13,17-19H,(H2,21,22,23)(H2,24,25,26)(H2,27,28,29). The zero-order valence-electron chi connectivity index (χ0n) is 16.2. The molecule has 0 saturated carbocycles. The molecule has 22 nitrogen and oxygen atoms in total. The second-order valence-electron chi connectivity index (χ2n) is 6.02. The Kier molecular flexibility index (Phi) is 11.7. The van der Waals surface area contributed by atoms with E-state index in [4.69, 9.17) is 44.7 Å². The Bertz CT molecular complexity index is 867. The molecule has 6 atom stereocenters. The van der Waals surface area contributed by atoms with Crippen molar-refractivity contribution in [3.8, 4) is 0 Å². The van der Waals surface area contributed by atoms with Gasteiger partial charge in [-0.25, -0.2) is 0 Å². The summed E-state index contributed by atoms with van der Waals surface area (Å²) in [6.07, 6.45) is -10.0. The molecular formula is C9H18AsO22P3. The number of carbonyl (C=O) groups excluding carboxylic acids is 3. The van der Waals surface area contributed by atoms with Crippen LogP contribution in [-0.2, 0) is 43.0 Å². The molecule has 35 heavy (non-hydrogen) atoms. The maximum absolute atomic E-state index is 12.5. The summed E-state index contributed by atoms with van der Waals surface area (Å²) in [5.74, 6) is -17.7. The summed E-state index contributed by atoms with van der Waals surface area (Å²) in [6.45, 7) is 0. The van der Waals surface area contributed by atoms with E-state index in [0.717, 1.165) is 0 Å². The third-order valence-electron chi connectivity index (χ3n) is 3.21. The van der Waals surface area contributed by atoms with Gasteiger partial charge >= 0.3 is 194 Å². The number of hydrogen-bond donors (Lipinski definition) is 12. The number of rotatable bonds is 12. The monoisotopic (exact) mass is 646 g/mol. The molecule has 6 unspecified atom stereocenters. The van der Waals surface area contributed by atoms with Crippen molar-refractivity contribution in [3.63, 3.8) is 0 Å². The van der Waals surface area contributed by atoms with Gasteiger partial charge < -0.3 is 0 Å². The average Bonchev–Trinajstić information content (AvgIpc) is 2.67. The molecule has 206 valence electrons. The number of carbonyl (C=O) groups is 3. The first-order chi connectivity index (χ1) is 15.3. The van der Waals surface area contributed by atoms with Gasteiger partial charge in [0.2, 0.25) is 0 Å². The third-order valence-corrected chi connectivity index (χ3v) is 8.67. The van der Waals surface area contributed by atoms with Gasteiger partial charge in [-0.3, -0.25) is 0 Å². The van der Waals surface area contributed by atoms with Crippen LogP contribution in [0.4, 0.5) is 0 Å². The molecular weight excluding hydrogens is 628 g/mol. The van der Waals surface area contributed by atoms with Crippen molar-refractivity contribution in [1.29, 1.82) is 0 Å². The van der Waals surface area contributed by atoms with Gasteiger partial charge in [-0.15, -0.1) is 0 Å². The van der Waals surface area contributed by atoms with E-state index < -0.39 is 91.1 Å². The Morgan fingerprint density at radius 2 is 0.686 bits per heavy atom. The van der Waals surface area contributed by atoms with Crippen LogP contribution < -0.4 is 0 Å². The molecule has 0 aromatic rings. The van der Waals surface area contributed by atoms with Gasteiger partial charge in [0.05, 0.1) is 0 Å². The van der Waals surface area contributed by atoms with Gasteiger partial charge in [0, 0.05) is 0 Å². The van der Waals surface area contributed by atoms with Crippen molar-refractivity contribution in [3.05, 3.63) is 0 Å². The zero-order valence-corrected chi connectivity index (χ0v) is 20.8. The van der Waals surface area contributed by atoms with E-state index in [-0.39, 0.29) is 0 Å². The summed E-state index contributed by atoms with van der Waals surface area (Å²) < 4.78 is 56.5. The molecule has 0 fully saturated rings. The van der Waals surface area contributed by atoms with Crippen LogP contribution in [0.3, 0.4) is 0 Å². The first kappa shape index (κ1) is 34.0. The van der Waals surface area contributed by atoms with Gasteiger partial charge in [0.15, 0.2) is 0 Å². The van der Waals surface area contributed by atoms with Crippen LogP contribution in [0.15, 0.2) is 0 Å². The van der Waals surface area contributed by atoms with Gasteiger partial charge in [0.25, 0.3) is 0 Å². The Morgan fingerprint density at radius 3 is 0.829 bits per heavy atom. The van der Waals surface area contributed by atoms with Crippen LogP contribution in [-0.4, -0.2) is 128 Å². The summed E-state index contributed by atoms with van der Waals surface area (Å²) in [5, 5.41) is 55.6. The summed E-state index contributed by atoms with van der Waals surface area (Å²) in [7, 11) is -17.1. The minimum atomic E-state index is -7.25. The molecule has 12 N–H and O–H groups in total. The molecule has 0 aliphatic rings. The molecule has 0 bridgehead atoms. The van der Waals surface area contributed by atoms with Crippen LogP contribution in [0.5, 0.6) is 0 Å². The topological polar surface area (TPSA) is 390 Å². The second kappa shape index (κ2) is 12.0. The molecule has 0 spiro atoms. The van der Waals surface area contributed by atoms with Crippen molar-refractivity contribution in [2.45, 2.75) is 35.8 Å². The molecule has 0 aliphatic heterocycles. The van der Waals surface area contributed by atoms with Crippen LogP contribution in [0.25, 0.3) is 0 Å². The molecule has 26 heteroatoms. The molecule has 0 radical (unpaired) electrons. The zero-order chi connectivity index (χ0) is 28.3. The van der Waals surface area contributed by atoms with E-state index in [9.17, 15) is 47.1 Å². The van der Waals surface area contributed by atoms with Crippen LogP contribution in [0.1, 0.15) is 0 Å². The van der Waals surface area contributed by atoms with E-state index in [1.54, 1.807) is 0 Å². The Morgan fingerprint density at radius 1 is 0.514 bits per heavy atom. The summed E-state index contributed by atoms with van der Waals surface area (Å²) in [5.41, 5.74) is 0. The SMILES string of the molecule is O=C(O[As](=O)(OC(=O)C(O)C(O)P(=O)(O)O)OC(=O)C(O)C(O)P(=O)(O)O)C(O)C(O)P(=O)(O)O. The Hall–Kier alpha value is -1.02. The van der Waals surface area contributed by atoms with Crippen LogP contribution in [0.2, 0.25) is 0 Å². The van der Waals surface area contributed by atoms with E-state index in [1.807, 2.05) is 0 Å². The molecule has 0 aliphatic carbocycles. The van der Waals surface area contributed by atoms with E-state index in [1.165, 1.54) is 0 Å². The van der Waals surface area contributed by atoms with E-state index in [2.05, 4.69) is 11.2 Å². The molecule has 0 amide bonds. The average molecular weight is 646 g/mol. The predicted octanol–water partition coefficient (Wildman–Crippen LogP) is -6.95. The first-order valence-corrected chi connectivity index (χ1v) is 16.0. The molecule has 0 heterocycles. The Labute approximate surface area is 194 Å². The van der Waals surface area contributed by atoms with Gasteiger partial charge in [0.1, 0.15) is 0 Å². The summed E-state index contributed by atoms with van der Waals surface area (Å²) in [6, 6.07) is 0. The fraction of sp³-hybridized carbons (Fsp3) is 0.667. The predicted molar refractivity (Wildman–Crippen MR) is 96.9 cm³/mol. The maximum atomic E-state index is 12.5. The van der Waals surface area contributed by atoms with Gasteiger partial charge in [-0.2, -0.15) is 0 Å². The molecule has 0 saturated heterocycles. The minimum absolute atomic E-state index is 2.60. The second-order valence-corrected chi connectivity index (χ2v) is 14.2. The summed E-state index contributed by atoms with van der Waals surface area (Å²) >= 11 is -7.25. The third kappa shape index (κ3) is 10.1. The van der Waals surface area contributed by atoms with Crippen LogP contribution >= 0.6 is 22.8 Å². The quantitative estimate of drug-likeness (QED) is 0.0692. The fourth-order valence-corrected chi connectivity index (χ4v) is 5.24. The molecule has 0 rings (SSSR count). The van der Waals surface area contributed by atoms with Crippen LogP contribution in [0, 0.1) is 0 Å². The van der Waals surface area contributed by atoms with Crippen molar-refractivity contribution >= 4 is 55.2 Å². The van der Waals surface area contributed by atoms with Crippen molar-refractivity contribution in [1.82, 2.24) is 0 Å². The molecule has 0 aromatic heterocycles. The number of aliphatic hydroxyl groups excluding tert-OH is 6. The number of aliphatic hydroxyl groups is 6. The normalized spacial score (nSPS) is 19.8. The number of hydrogen-bond acceptors (Lipinski definition) is 16. The summed E-state index contributed by atoms with van der Waals surface area (Å²) in [4.78, 5) is 87.5. The Balaban J connectivity index is 6.11. The van der Waals surface area contributed by atoms with Crippen molar-refractivity contribution in [2.75, 3.05) is 0 Å². The molecule has 0 aromatic carbocycles. The van der Waals surface area contributed by atoms with E-state index in [0.29, 0.717) is 0 Å². The van der Waals surface area contributed by atoms with Crippen molar-refractivity contribution < 1.29 is 103 Å². The fourth-order valence-electron chi connectivity index (χ4n) is 1.47. The van der Waals surface area contributed by atoms with E-state index >= 15 is 0 Å². The van der Waals surface area contributed by atoms with Crippen molar-refractivity contribution in [2.24, 2.45) is 0 Å².